The Morgan fingerprint density at radius 3 is 2.85 bits per heavy atom. The number of aromatic nitrogens is 1. The van der Waals surface area contributed by atoms with E-state index in [1.807, 2.05) is 37.3 Å². The molecule has 0 aliphatic carbocycles. The molecule has 0 fully saturated rings. The zero-order chi connectivity index (χ0) is 14.4. The average Bonchev–Trinajstić information content (AvgIpc) is 2.45. The third kappa shape index (κ3) is 3.96. The van der Waals surface area contributed by atoms with Gasteiger partial charge in [0, 0.05) is 12.2 Å². The van der Waals surface area contributed by atoms with Crippen LogP contribution in [0.5, 0.6) is 11.6 Å². The second-order valence-corrected chi connectivity index (χ2v) is 4.79. The number of ether oxygens (including phenoxy) is 2. The van der Waals surface area contributed by atoms with E-state index in [1.54, 1.807) is 13.3 Å². The number of benzene rings is 1. The third-order valence-corrected chi connectivity index (χ3v) is 2.89. The van der Waals surface area contributed by atoms with Gasteiger partial charge in [0.05, 0.1) is 12.7 Å². The molecule has 2 aromatic rings. The van der Waals surface area contributed by atoms with Gasteiger partial charge in [0.2, 0.25) is 5.88 Å². The monoisotopic (exact) mass is 272 g/mol. The van der Waals surface area contributed by atoms with Crippen LogP contribution in [0.2, 0.25) is 0 Å². The van der Waals surface area contributed by atoms with Gasteiger partial charge in [-0.25, -0.2) is 4.98 Å². The Balaban J connectivity index is 2.03. The van der Waals surface area contributed by atoms with Crippen LogP contribution in [-0.2, 0) is 13.0 Å². The Hall–Kier alpha value is -2.07. The van der Waals surface area contributed by atoms with Crippen LogP contribution in [0.4, 0.5) is 0 Å². The first kappa shape index (κ1) is 14.3. The lowest BCUT2D eigenvalue weighted by atomic mass is 10.1. The first-order valence-electron chi connectivity index (χ1n) is 6.64. The van der Waals surface area contributed by atoms with E-state index in [0.29, 0.717) is 12.5 Å². The molecule has 4 nitrogen and oxygen atoms in total. The van der Waals surface area contributed by atoms with Crippen molar-refractivity contribution in [2.75, 3.05) is 7.11 Å². The Bertz CT molecular complexity index is 556. The fourth-order valence-corrected chi connectivity index (χ4v) is 2.01. The van der Waals surface area contributed by atoms with Gasteiger partial charge in [-0.05, 0) is 43.2 Å². The molecular weight excluding hydrogens is 252 g/mol. The number of rotatable bonds is 6. The summed E-state index contributed by atoms with van der Waals surface area (Å²) in [6.07, 6.45) is 2.54. The maximum atomic E-state index is 5.81. The van der Waals surface area contributed by atoms with Crippen LogP contribution in [0.1, 0.15) is 18.1 Å². The summed E-state index contributed by atoms with van der Waals surface area (Å²) in [5.41, 5.74) is 7.91. The molecular formula is C16H20N2O2. The summed E-state index contributed by atoms with van der Waals surface area (Å²) in [5.74, 6) is 1.42. The van der Waals surface area contributed by atoms with Crippen LogP contribution in [0, 0.1) is 0 Å². The molecule has 0 bridgehead atoms. The van der Waals surface area contributed by atoms with E-state index in [2.05, 4.69) is 11.1 Å². The summed E-state index contributed by atoms with van der Waals surface area (Å²) in [7, 11) is 1.61. The topological polar surface area (TPSA) is 57.4 Å². The van der Waals surface area contributed by atoms with E-state index in [0.717, 1.165) is 17.7 Å². The number of hydrogen-bond acceptors (Lipinski definition) is 4. The van der Waals surface area contributed by atoms with Crippen LogP contribution in [0.25, 0.3) is 0 Å². The molecule has 0 aliphatic heterocycles. The highest BCUT2D eigenvalue weighted by Crippen LogP contribution is 2.19. The summed E-state index contributed by atoms with van der Waals surface area (Å²) < 4.78 is 11.0. The lowest BCUT2D eigenvalue weighted by Gasteiger charge is -2.11. The standard InChI is InChI=1S/C16H20N2O2/c1-12(17)9-13-5-3-7-15(10-13)20-11-14-6-4-8-18-16(14)19-2/h3-8,10,12H,9,11,17H2,1-2H3. The normalized spacial score (nSPS) is 11.9. The molecule has 0 amide bonds. The van der Waals surface area contributed by atoms with Gasteiger partial charge in [0.15, 0.2) is 0 Å². The van der Waals surface area contributed by atoms with Crippen molar-refractivity contribution >= 4 is 0 Å². The van der Waals surface area contributed by atoms with E-state index in [9.17, 15) is 0 Å². The van der Waals surface area contributed by atoms with Crippen molar-refractivity contribution in [2.24, 2.45) is 5.73 Å². The van der Waals surface area contributed by atoms with Gasteiger partial charge < -0.3 is 15.2 Å². The predicted octanol–water partition coefficient (Wildman–Crippen LogP) is 2.56. The summed E-state index contributed by atoms with van der Waals surface area (Å²) in [5, 5.41) is 0. The smallest absolute Gasteiger partial charge is 0.219 e. The molecule has 1 heterocycles. The zero-order valence-corrected chi connectivity index (χ0v) is 11.9. The van der Waals surface area contributed by atoms with Gasteiger partial charge in [-0.2, -0.15) is 0 Å². The number of nitrogens with two attached hydrogens (primary N) is 1. The molecule has 0 spiro atoms. The van der Waals surface area contributed by atoms with Gasteiger partial charge in [-0.1, -0.05) is 12.1 Å². The SMILES string of the molecule is COc1ncccc1COc1cccc(CC(C)N)c1. The molecule has 0 aliphatic rings. The van der Waals surface area contributed by atoms with Crippen molar-refractivity contribution in [1.82, 2.24) is 4.98 Å². The Labute approximate surface area is 119 Å². The highest BCUT2D eigenvalue weighted by atomic mass is 16.5. The second-order valence-electron chi connectivity index (χ2n) is 4.79. The first-order chi connectivity index (χ1) is 9.69. The Morgan fingerprint density at radius 1 is 1.25 bits per heavy atom. The van der Waals surface area contributed by atoms with Crippen LogP contribution < -0.4 is 15.2 Å². The van der Waals surface area contributed by atoms with E-state index >= 15 is 0 Å². The highest BCUT2D eigenvalue weighted by molar-refractivity contribution is 5.30. The number of pyridine rings is 1. The lowest BCUT2D eigenvalue weighted by molar-refractivity contribution is 0.293. The minimum atomic E-state index is 0.142. The summed E-state index contributed by atoms with van der Waals surface area (Å²) >= 11 is 0. The number of methoxy groups -OCH3 is 1. The second kappa shape index (κ2) is 6.91. The van der Waals surface area contributed by atoms with E-state index in [-0.39, 0.29) is 6.04 Å². The number of hydrogen-bond donors (Lipinski definition) is 1. The largest absolute Gasteiger partial charge is 0.489 e. The highest BCUT2D eigenvalue weighted by Gasteiger charge is 2.05. The van der Waals surface area contributed by atoms with Crippen molar-refractivity contribution in [1.29, 1.82) is 0 Å². The Morgan fingerprint density at radius 2 is 2.10 bits per heavy atom. The minimum absolute atomic E-state index is 0.142. The van der Waals surface area contributed by atoms with E-state index in [4.69, 9.17) is 15.2 Å². The van der Waals surface area contributed by atoms with Crippen molar-refractivity contribution in [2.45, 2.75) is 26.0 Å². The number of nitrogens with zero attached hydrogens (tertiary/aromatic N) is 1. The molecule has 0 radical (unpaired) electrons. The molecule has 1 unspecified atom stereocenters. The van der Waals surface area contributed by atoms with Gasteiger partial charge in [0.25, 0.3) is 0 Å². The molecule has 0 saturated carbocycles. The lowest BCUT2D eigenvalue weighted by Crippen LogP contribution is -2.17. The quantitative estimate of drug-likeness (QED) is 0.878. The van der Waals surface area contributed by atoms with Crippen LogP contribution in [-0.4, -0.2) is 18.1 Å². The van der Waals surface area contributed by atoms with Crippen molar-refractivity contribution < 1.29 is 9.47 Å². The van der Waals surface area contributed by atoms with Crippen molar-refractivity contribution in [3.8, 4) is 11.6 Å². The maximum absolute atomic E-state index is 5.81. The Kier molecular flexibility index (Phi) is 4.96. The zero-order valence-electron chi connectivity index (χ0n) is 11.9. The van der Waals surface area contributed by atoms with Gasteiger partial charge in [0.1, 0.15) is 12.4 Å². The van der Waals surface area contributed by atoms with Gasteiger partial charge in [-0.3, -0.25) is 0 Å². The summed E-state index contributed by atoms with van der Waals surface area (Å²) in [6.45, 7) is 2.42. The molecule has 1 aromatic carbocycles. The molecule has 1 atom stereocenters. The molecule has 2 N–H and O–H groups in total. The molecule has 2 rings (SSSR count). The van der Waals surface area contributed by atoms with Gasteiger partial charge >= 0.3 is 0 Å². The molecule has 1 aromatic heterocycles. The fraction of sp³-hybridized carbons (Fsp3) is 0.312. The van der Waals surface area contributed by atoms with Gasteiger partial charge in [-0.15, -0.1) is 0 Å². The van der Waals surface area contributed by atoms with Crippen molar-refractivity contribution in [3.63, 3.8) is 0 Å². The first-order valence-corrected chi connectivity index (χ1v) is 6.64. The molecule has 4 heteroatoms. The molecule has 20 heavy (non-hydrogen) atoms. The predicted molar refractivity (Wildman–Crippen MR) is 78.9 cm³/mol. The van der Waals surface area contributed by atoms with Crippen LogP contribution in [0.15, 0.2) is 42.6 Å². The molecule has 0 saturated heterocycles. The third-order valence-electron chi connectivity index (χ3n) is 2.89. The summed E-state index contributed by atoms with van der Waals surface area (Å²) in [6, 6.07) is 11.9. The van der Waals surface area contributed by atoms with Crippen LogP contribution in [0.3, 0.4) is 0 Å². The van der Waals surface area contributed by atoms with E-state index < -0.39 is 0 Å². The molecule has 106 valence electrons. The van der Waals surface area contributed by atoms with Crippen molar-refractivity contribution in [3.05, 3.63) is 53.7 Å². The average molecular weight is 272 g/mol. The van der Waals surface area contributed by atoms with Crippen LogP contribution >= 0.6 is 0 Å². The minimum Gasteiger partial charge on any atom is -0.489 e. The summed E-state index contributed by atoms with van der Waals surface area (Å²) in [4.78, 5) is 4.15. The van der Waals surface area contributed by atoms with E-state index in [1.165, 1.54) is 5.56 Å². The fourth-order valence-electron chi connectivity index (χ4n) is 2.01. The maximum Gasteiger partial charge on any atom is 0.219 e.